The summed E-state index contributed by atoms with van der Waals surface area (Å²) in [6.07, 6.45) is 0.624. The van der Waals surface area contributed by atoms with Gasteiger partial charge in [-0.2, -0.15) is 13.8 Å². The summed E-state index contributed by atoms with van der Waals surface area (Å²) in [6, 6.07) is 1.18. The van der Waals surface area contributed by atoms with Crippen molar-refractivity contribution in [2.24, 2.45) is 0 Å². The van der Waals surface area contributed by atoms with E-state index >= 15 is 0 Å². The molecule has 0 atom stereocenters. The van der Waals surface area contributed by atoms with Crippen LogP contribution in [0.15, 0.2) is 22.4 Å². The molecule has 0 saturated carbocycles. The minimum absolute atomic E-state index is 0.178. The van der Waals surface area contributed by atoms with Crippen LogP contribution in [-0.2, 0) is 0 Å². The molecule has 6 nitrogen and oxygen atoms in total. The van der Waals surface area contributed by atoms with E-state index in [-0.39, 0.29) is 10.6 Å². The zero-order chi connectivity index (χ0) is 14.7. The molecule has 0 aliphatic rings. The average molecular weight is 305 g/mol. The van der Waals surface area contributed by atoms with Gasteiger partial charge in [-0.1, -0.05) is 0 Å². The molecule has 0 spiro atoms. The van der Waals surface area contributed by atoms with Crippen molar-refractivity contribution < 1.29 is 22.7 Å². The lowest BCUT2D eigenvalue weighted by atomic mass is 10.4. The van der Waals surface area contributed by atoms with Crippen molar-refractivity contribution in [1.82, 2.24) is 9.97 Å². The molecule has 2 heterocycles. The lowest BCUT2D eigenvalue weighted by Gasteiger charge is -2.07. The number of anilines is 1. The van der Waals surface area contributed by atoms with Crippen LogP contribution in [0.1, 0.15) is 9.67 Å². The summed E-state index contributed by atoms with van der Waals surface area (Å²) in [5.41, 5.74) is -0.864. The maximum absolute atomic E-state index is 13.3. The molecule has 2 aromatic rings. The fraction of sp³-hybridized carbons (Fsp3) is 0.100. The number of halogens is 3. The van der Waals surface area contributed by atoms with Crippen molar-refractivity contribution in [3.05, 3.63) is 38.8 Å². The smallest absolute Gasteiger partial charge is 0.387 e. The number of H-pyrrole nitrogens is 1. The van der Waals surface area contributed by atoms with E-state index in [1.54, 1.807) is 0 Å². The summed E-state index contributed by atoms with van der Waals surface area (Å²) in [4.78, 5) is 27.6. The van der Waals surface area contributed by atoms with E-state index in [4.69, 9.17) is 0 Å². The maximum atomic E-state index is 13.3. The number of ether oxygens (including phenoxy) is 1. The first-order chi connectivity index (χ1) is 9.47. The minimum atomic E-state index is -3.09. The van der Waals surface area contributed by atoms with Gasteiger partial charge in [-0.3, -0.25) is 9.78 Å². The van der Waals surface area contributed by atoms with Gasteiger partial charge in [0.25, 0.3) is 5.91 Å². The Morgan fingerprint density at radius 2 is 2.25 bits per heavy atom. The highest BCUT2D eigenvalue weighted by Gasteiger charge is 2.19. The third-order valence-corrected chi connectivity index (χ3v) is 2.95. The quantitative estimate of drug-likeness (QED) is 0.902. The number of rotatable bonds is 4. The molecular formula is C10H6F3N3O3S. The number of hydrogen-bond acceptors (Lipinski definition) is 5. The number of carbonyl (C=O) groups is 1. The molecule has 0 aliphatic heterocycles. The molecule has 0 radical (unpaired) electrons. The lowest BCUT2D eigenvalue weighted by molar-refractivity contribution is -0.0498. The second kappa shape index (κ2) is 5.74. The standard InChI is InChI=1S/C10H6F3N3O3S/c11-4-3-14-10(18)16-7(4)15-8(17)6-5(1-2-20-6)19-9(12)13/h1-3,9H,(H2,14,15,16,17,18). The molecule has 106 valence electrons. The molecular weight excluding hydrogens is 299 g/mol. The summed E-state index contributed by atoms with van der Waals surface area (Å²) in [6.45, 7) is -3.09. The first-order valence-corrected chi connectivity index (χ1v) is 5.94. The SMILES string of the molecule is O=C(Nc1[nH]c(=O)ncc1F)c1sccc1OC(F)F. The number of amides is 1. The van der Waals surface area contributed by atoms with Gasteiger partial charge in [-0.15, -0.1) is 11.3 Å². The van der Waals surface area contributed by atoms with Gasteiger partial charge in [0.2, 0.25) is 0 Å². The van der Waals surface area contributed by atoms with Gasteiger partial charge in [0.15, 0.2) is 11.6 Å². The van der Waals surface area contributed by atoms with Crippen molar-refractivity contribution >= 4 is 23.1 Å². The topological polar surface area (TPSA) is 84.1 Å². The number of carbonyl (C=O) groups excluding carboxylic acids is 1. The van der Waals surface area contributed by atoms with Crippen LogP contribution < -0.4 is 15.7 Å². The fourth-order valence-corrected chi connectivity index (χ4v) is 2.01. The predicted octanol–water partition coefficient (Wildman–Crippen LogP) is 1.82. The van der Waals surface area contributed by atoms with Crippen molar-refractivity contribution in [1.29, 1.82) is 0 Å². The van der Waals surface area contributed by atoms with Crippen LogP contribution in [0.4, 0.5) is 19.0 Å². The second-order valence-corrected chi connectivity index (χ2v) is 4.27. The highest BCUT2D eigenvalue weighted by Crippen LogP contribution is 2.27. The number of alkyl halides is 2. The largest absolute Gasteiger partial charge is 0.433 e. The van der Waals surface area contributed by atoms with Crippen LogP contribution in [0, 0.1) is 5.82 Å². The number of aromatic amines is 1. The van der Waals surface area contributed by atoms with E-state index < -0.39 is 29.8 Å². The van der Waals surface area contributed by atoms with Gasteiger partial charge >= 0.3 is 12.3 Å². The Labute approximate surface area is 113 Å². The Hall–Kier alpha value is -2.36. The summed E-state index contributed by atoms with van der Waals surface area (Å²) in [5.74, 6) is -2.70. The summed E-state index contributed by atoms with van der Waals surface area (Å²) in [5, 5.41) is 3.40. The molecule has 0 aliphatic carbocycles. The van der Waals surface area contributed by atoms with Gasteiger partial charge in [0.05, 0.1) is 6.20 Å². The second-order valence-electron chi connectivity index (χ2n) is 3.36. The third-order valence-electron chi connectivity index (χ3n) is 2.06. The normalized spacial score (nSPS) is 10.6. The monoisotopic (exact) mass is 305 g/mol. The maximum Gasteiger partial charge on any atom is 0.387 e. The minimum Gasteiger partial charge on any atom is -0.433 e. The number of nitrogens with one attached hydrogen (secondary N) is 2. The van der Waals surface area contributed by atoms with Crippen molar-refractivity contribution in [3.8, 4) is 5.75 Å². The Morgan fingerprint density at radius 3 is 2.95 bits per heavy atom. The molecule has 0 bridgehead atoms. The predicted molar refractivity (Wildman–Crippen MR) is 63.7 cm³/mol. The van der Waals surface area contributed by atoms with Crippen LogP contribution in [0.2, 0.25) is 0 Å². The first kappa shape index (κ1) is 14.1. The van der Waals surface area contributed by atoms with Crippen LogP contribution in [0.3, 0.4) is 0 Å². The van der Waals surface area contributed by atoms with Gasteiger partial charge in [0, 0.05) is 0 Å². The molecule has 2 rings (SSSR count). The van der Waals surface area contributed by atoms with E-state index in [1.165, 1.54) is 11.4 Å². The van der Waals surface area contributed by atoms with Crippen LogP contribution >= 0.6 is 11.3 Å². The molecule has 0 fully saturated rings. The lowest BCUT2D eigenvalue weighted by Crippen LogP contribution is -2.19. The number of nitrogens with zero attached hydrogens (tertiary/aromatic N) is 1. The number of thiophene rings is 1. The molecule has 2 aromatic heterocycles. The molecule has 2 N–H and O–H groups in total. The molecule has 0 aromatic carbocycles. The van der Waals surface area contributed by atoms with E-state index in [9.17, 15) is 22.8 Å². The summed E-state index contributed by atoms with van der Waals surface area (Å²) >= 11 is 0.828. The summed E-state index contributed by atoms with van der Waals surface area (Å²) in [7, 11) is 0. The number of hydrogen-bond donors (Lipinski definition) is 2. The first-order valence-electron chi connectivity index (χ1n) is 5.06. The van der Waals surface area contributed by atoms with Gasteiger partial charge < -0.3 is 10.1 Å². The molecule has 20 heavy (non-hydrogen) atoms. The fourth-order valence-electron chi connectivity index (χ4n) is 1.29. The Bertz CT molecular complexity index is 686. The number of aromatic nitrogens is 2. The Kier molecular flexibility index (Phi) is 4.03. The molecule has 10 heteroatoms. The zero-order valence-corrected chi connectivity index (χ0v) is 10.3. The van der Waals surface area contributed by atoms with E-state index in [0.717, 1.165) is 11.3 Å². The average Bonchev–Trinajstić information content (AvgIpc) is 2.81. The molecule has 0 saturated heterocycles. The van der Waals surface area contributed by atoms with Crippen LogP contribution in [0.5, 0.6) is 5.75 Å². The van der Waals surface area contributed by atoms with Gasteiger partial charge in [-0.25, -0.2) is 9.18 Å². The van der Waals surface area contributed by atoms with Gasteiger partial charge in [0.1, 0.15) is 10.6 Å². The molecule has 1 amide bonds. The van der Waals surface area contributed by atoms with Crippen molar-refractivity contribution in [2.75, 3.05) is 5.32 Å². The van der Waals surface area contributed by atoms with E-state index in [2.05, 4.69) is 9.72 Å². The van der Waals surface area contributed by atoms with Crippen molar-refractivity contribution in [3.63, 3.8) is 0 Å². The van der Waals surface area contributed by atoms with Crippen LogP contribution in [-0.4, -0.2) is 22.5 Å². The zero-order valence-electron chi connectivity index (χ0n) is 9.52. The highest BCUT2D eigenvalue weighted by molar-refractivity contribution is 7.12. The Morgan fingerprint density at radius 1 is 1.50 bits per heavy atom. The Balaban J connectivity index is 2.22. The summed E-state index contributed by atoms with van der Waals surface area (Å²) < 4.78 is 41.7. The van der Waals surface area contributed by atoms with E-state index in [0.29, 0.717) is 6.20 Å². The highest BCUT2D eigenvalue weighted by atomic mass is 32.1. The van der Waals surface area contributed by atoms with Crippen molar-refractivity contribution in [2.45, 2.75) is 6.61 Å². The van der Waals surface area contributed by atoms with Gasteiger partial charge in [-0.05, 0) is 11.4 Å². The third kappa shape index (κ3) is 3.15. The van der Waals surface area contributed by atoms with Crippen LogP contribution in [0.25, 0.3) is 0 Å². The molecule has 0 unspecified atom stereocenters. The van der Waals surface area contributed by atoms with E-state index in [1.807, 2.05) is 10.3 Å².